The zero-order chi connectivity index (χ0) is 18.2. The van der Waals surface area contributed by atoms with E-state index in [0.717, 1.165) is 50.2 Å². The van der Waals surface area contributed by atoms with Crippen LogP contribution < -0.4 is 5.84 Å². The number of hydrogen-bond acceptors (Lipinski definition) is 4. The second kappa shape index (κ2) is 5.57. The molecule has 3 saturated carbocycles. The first-order valence-corrected chi connectivity index (χ1v) is 10.7. The minimum atomic E-state index is -0.307. The Balaban J connectivity index is 1.51. The molecule has 1 heterocycles. The van der Waals surface area contributed by atoms with Crippen LogP contribution in [0, 0.1) is 28.6 Å². The molecular formula is C22H34N2O2. The predicted molar refractivity (Wildman–Crippen MR) is 103 cm³/mol. The van der Waals surface area contributed by atoms with E-state index in [0.29, 0.717) is 5.41 Å². The van der Waals surface area contributed by atoms with E-state index in [9.17, 15) is 0 Å². The van der Waals surface area contributed by atoms with Gasteiger partial charge in [-0.2, -0.15) is 5.10 Å². The van der Waals surface area contributed by atoms with Gasteiger partial charge in [-0.25, -0.2) is 0 Å². The van der Waals surface area contributed by atoms with Gasteiger partial charge in [0.15, 0.2) is 5.79 Å². The van der Waals surface area contributed by atoms with E-state index in [4.69, 9.17) is 15.3 Å². The van der Waals surface area contributed by atoms with Crippen molar-refractivity contribution in [1.29, 1.82) is 0 Å². The number of fused-ring (bicyclic) bond motifs is 5. The van der Waals surface area contributed by atoms with Crippen molar-refractivity contribution in [3.05, 3.63) is 11.1 Å². The molecule has 4 heteroatoms. The van der Waals surface area contributed by atoms with Crippen molar-refractivity contribution in [1.82, 2.24) is 0 Å². The first-order chi connectivity index (χ1) is 12.4. The average molecular weight is 359 g/mol. The van der Waals surface area contributed by atoms with Crippen LogP contribution in [0.2, 0.25) is 0 Å². The standard InChI is InChI=1S/C22H34N2O2/c1-14-12-15-16-4-5-19(24-23)21(16,3)7-6-17(15)20(2)8-9-22(13-18(14)20)25-10-11-26-22/h15-17H,4-13,23H2,1-3H3. The third kappa shape index (κ3) is 2.12. The van der Waals surface area contributed by atoms with E-state index >= 15 is 0 Å². The van der Waals surface area contributed by atoms with E-state index in [1.54, 1.807) is 11.1 Å². The highest BCUT2D eigenvalue weighted by Gasteiger charge is 2.60. The highest BCUT2D eigenvalue weighted by atomic mass is 16.7. The molecule has 4 aliphatic carbocycles. The molecular weight excluding hydrogens is 324 g/mol. The number of rotatable bonds is 0. The smallest absolute Gasteiger partial charge is 0.172 e. The Morgan fingerprint density at radius 2 is 1.73 bits per heavy atom. The summed E-state index contributed by atoms with van der Waals surface area (Å²) in [5, 5.41) is 4.22. The number of hydrogen-bond donors (Lipinski definition) is 1. The van der Waals surface area contributed by atoms with Gasteiger partial charge in [-0.05, 0) is 68.6 Å². The normalized spacial score (nSPS) is 48.6. The lowest BCUT2D eigenvalue weighted by atomic mass is 9.46. The lowest BCUT2D eigenvalue weighted by molar-refractivity contribution is -0.185. The van der Waals surface area contributed by atoms with E-state index in [1.807, 2.05) is 0 Å². The number of hydrazone groups is 1. The van der Waals surface area contributed by atoms with Gasteiger partial charge in [0.2, 0.25) is 0 Å². The van der Waals surface area contributed by atoms with Crippen LogP contribution in [0.3, 0.4) is 0 Å². The van der Waals surface area contributed by atoms with Crippen LogP contribution >= 0.6 is 0 Å². The fraction of sp³-hybridized carbons (Fsp3) is 0.864. The van der Waals surface area contributed by atoms with Crippen molar-refractivity contribution >= 4 is 5.71 Å². The van der Waals surface area contributed by atoms with Gasteiger partial charge in [-0.3, -0.25) is 0 Å². The van der Waals surface area contributed by atoms with Crippen LogP contribution in [0.15, 0.2) is 16.2 Å². The van der Waals surface area contributed by atoms with Gasteiger partial charge < -0.3 is 15.3 Å². The van der Waals surface area contributed by atoms with Crippen molar-refractivity contribution in [3.63, 3.8) is 0 Å². The van der Waals surface area contributed by atoms with E-state index in [-0.39, 0.29) is 11.2 Å². The largest absolute Gasteiger partial charge is 0.347 e. The molecule has 144 valence electrons. The molecule has 1 spiro atoms. The van der Waals surface area contributed by atoms with Crippen molar-refractivity contribution in [2.75, 3.05) is 13.2 Å². The fourth-order valence-electron chi connectivity index (χ4n) is 7.79. The summed E-state index contributed by atoms with van der Waals surface area (Å²) in [6, 6.07) is 0. The quantitative estimate of drug-likeness (QED) is 0.397. The maximum absolute atomic E-state index is 6.09. The molecule has 0 bridgehead atoms. The second-order valence-electron chi connectivity index (χ2n) is 10.1. The number of allylic oxidation sites excluding steroid dienone is 1. The van der Waals surface area contributed by atoms with E-state index < -0.39 is 0 Å². The van der Waals surface area contributed by atoms with Crippen LogP contribution in [0.1, 0.15) is 72.1 Å². The molecule has 5 rings (SSSR count). The molecule has 0 radical (unpaired) electrons. The molecule has 0 aromatic carbocycles. The molecule has 4 nitrogen and oxygen atoms in total. The van der Waals surface area contributed by atoms with Gasteiger partial charge in [0.1, 0.15) is 0 Å². The summed E-state index contributed by atoms with van der Waals surface area (Å²) in [7, 11) is 0. The molecule has 5 aliphatic rings. The number of nitrogens with two attached hydrogens (primary N) is 1. The molecule has 0 aromatic heterocycles. The van der Waals surface area contributed by atoms with Gasteiger partial charge in [0.25, 0.3) is 0 Å². The fourth-order valence-corrected chi connectivity index (χ4v) is 7.79. The Bertz CT molecular complexity index is 678. The molecule has 2 N–H and O–H groups in total. The van der Waals surface area contributed by atoms with Crippen LogP contribution in [-0.4, -0.2) is 24.7 Å². The van der Waals surface area contributed by atoms with Crippen molar-refractivity contribution in [3.8, 4) is 0 Å². The van der Waals surface area contributed by atoms with Crippen LogP contribution in [0.25, 0.3) is 0 Å². The zero-order valence-corrected chi connectivity index (χ0v) is 16.6. The monoisotopic (exact) mass is 358 g/mol. The predicted octanol–water partition coefficient (Wildman–Crippen LogP) is 4.40. The molecule has 0 amide bonds. The zero-order valence-electron chi connectivity index (χ0n) is 16.6. The minimum Gasteiger partial charge on any atom is -0.347 e. The van der Waals surface area contributed by atoms with Crippen LogP contribution in [0.5, 0.6) is 0 Å². The summed E-state index contributed by atoms with van der Waals surface area (Å²) in [6.07, 6.45) is 9.48. The van der Waals surface area contributed by atoms with Crippen molar-refractivity contribution < 1.29 is 9.47 Å². The topological polar surface area (TPSA) is 56.8 Å². The maximum atomic E-state index is 6.09. The van der Waals surface area contributed by atoms with E-state index in [2.05, 4.69) is 25.9 Å². The number of ether oxygens (including phenoxy) is 2. The Kier molecular flexibility index (Phi) is 3.70. The van der Waals surface area contributed by atoms with Gasteiger partial charge in [-0.15, -0.1) is 0 Å². The molecule has 1 aliphatic heterocycles. The summed E-state index contributed by atoms with van der Waals surface area (Å²) in [5.41, 5.74) is 5.15. The highest BCUT2D eigenvalue weighted by Crippen LogP contribution is 2.66. The van der Waals surface area contributed by atoms with Crippen LogP contribution in [0.4, 0.5) is 0 Å². The number of nitrogens with zero attached hydrogens (tertiary/aromatic N) is 1. The minimum absolute atomic E-state index is 0.248. The molecule has 0 aromatic rings. The SMILES string of the molecule is CC1=C2CC3(CCC2(C)C2CCC4(C)C(=NN)CCC4C2C1)OCCO3. The van der Waals surface area contributed by atoms with Crippen LogP contribution in [-0.2, 0) is 9.47 Å². The van der Waals surface area contributed by atoms with Gasteiger partial charge >= 0.3 is 0 Å². The summed E-state index contributed by atoms with van der Waals surface area (Å²) in [5.74, 6) is 7.81. The lowest BCUT2D eigenvalue weighted by Gasteiger charge is -2.59. The second-order valence-corrected chi connectivity index (χ2v) is 10.1. The summed E-state index contributed by atoms with van der Waals surface area (Å²) >= 11 is 0. The van der Waals surface area contributed by atoms with Gasteiger partial charge in [-0.1, -0.05) is 25.0 Å². The molecule has 5 atom stereocenters. The maximum Gasteiger partial charge on any atom is 0.172 e. The third-order valence-electron chi connectivity index (χ3n) is 9.18. The average Bonchev–Trinajstić information content (AvgIpc) is 3.21. The van der Waals surface area contributed by atoms with Gasteiger partial charge in [0.05, 0.1) is 13.2 Å². The molecule has 4 fully saturated rings. The summed E-state index contributed by atoms with van der Waals surface area (Å²) in [4.78, 5) is 0. The van der Waals surface area contributed by atoms with Gasteiger partial charge in [0, 0.05) is 24.0 Å². The summed E-state index contributed by atoms with van der Waals surface area (Å²) in [6.45, 7) is 8.91. The first-order valence-electron chi connectivity index (χ1n) is 10.7. The Hall–Kier alpha value is -0.870. The Morgan fingerprint density at radius 1 is 1.00 bits per heavy atom. The molecule has 26 heavy (non-hydrogen) atoms. The molecule has 5 unspecified atom stereocenters. The lowest BCUT2D eigenvalue weighted by Crippen LogP contribution is -2.53. The van der Waals surface area contributed by atoms with Crippen molar-refractivity contribution in [2.45, 2.75) is 77.9 Å². The van der Waals surface area contributed by atoms with Crippen molar-refractivity contribution in [2.24, 2.45) is 39.5 Å². The Labute approximate surface area is 157 Å². The first kappa shape index (κ1) is 17.2. The highest BCUT2D eigenvalue weighted by molar-refractivity contribution is 5.92. The molecule has 1 saturated heterocycles. The summed E-state index contributed by atoms with van der Waals surface area (Å²) < 4.78 is 12.2. The Morgan fingerprint density at radius 3 is 2.46 bits per heavy atom. The third-order valence-corrected chi connectivity index (χ3v) is 9.18. The van der Waals surface area contributed by atoms with E-state index in [1.165, 1.54) is 37.8 Å².